The number of ketones is 2. The number of ether oxygens (including phenoxy) is 1. The summed E-state index contributed by atoms with van der Waals surface area (Å²) >= 11 is 0. The zero-order valence-corrected chi connectivity index (χ0v) is 27.5. The van der Waals surface area contributed by atoms with Crippen molar-refractivity contribution in [2.45, 2.75) is 114 Å². The molecule has 226 valence electrons. The lowest BCUT2D eigenvalue weighted by atomic mass is 9.42. The molecule has 0 radical (unpaired) electrons. The highest BCUT2D eigenvalue weighted by Gasteiger charge is 2.61. The van der Waals surface area contributed by atoms with Crippen molar-refractivity contribution in [2.24, 2.45) is 44.3 Å². The Bertz CT molecular complexity index is 1220. The second-order valence-electron chi connectivity index (χ2n) is 15.8. The number of rotatable bonds is 7. The Morgan fingerprint density at radius 1 is 1.12 bits per heavy atom. The Labute approximate surface area is 248 Å². The van der Waals surface area contributed by atoms with Crippen molar-refractivity contribution in [3.05, 3.63) is 35.5 Å². The van der Waals surface area contributed by atoms with E-state index in [-0.39, 0.29) is 50.7 Å². The molecule has 0 aromatic carbocycles. The smallest absolute Gasteiger partial charge is 0.330 e. The number of nitrogens with zero attached hydrogens (tertiary/aromatic N) is 1. The molecule has 0 amide bonds. The van der Waals surface area contributed by atoms with E-state index in [0.717, 1.165) is 50.5 Å². The number of Topliss-reactive ketones (excluding diaryl/α,β-unsaturated/α-hetero) is 1. The van der Waals surface area contributed by atoms with Gasteiger partial charge in [-0.25, -0.2) is 4.79 Å². The SMILES string of the molecule is COC(=O)/C=C/[C@]1(CCC(C)(C)[C@]2(C)CC[C@H]3C(C)(C)C(=O)C(C#N)=C[C@]3(C)/C2=C/C(C)=O)CCC(C)(C)CC1C. The standard InChI is InChI=1S/C36H53NO4/c1-24-21-31(3,4)16-18-36(24,15-13-29(39)41-11)19-17-32(5,6)35(10)14-12-27-33(7,8)30(40)26(23-37)22-34(27,9)28(35)20-25(2)38/h13,15,20,22,24,27H,12,14,16-19,21H2,1-11H3/b15-13+,28-20-/t24?,27-,34-,35+,36+/m0/s1. The first-order chi connectivity index (χ1) is 18.7. The van der Waals surface area contributed by atoms with Crippen molar-refractivity contribution in [1.29, 1.82) is 5.26 Å². The normalized spacial score (nSPS) is 35.9. The van der Waals surface area contributed by atoms with Crippen molar-refractivity contribution in [1.82, 2.24) is 0 Å². The van der Waals surface area contributed by atoms with Crippen LogP contribution in [-0.4, -0.2) is 24.6 Å². The third-order valence-electron chi connectivity index (χ3n) is 12.0. The Morgan fingerprint density at radius 2 is 1.76 bits per heavy atom. The van der Waals surface area contributed by atoms with E-state index in [2.05, 4.69) is 60.6 Å². The van der Waals surface area contributed by atoms with Crippen molar-refractivity contribution in [2.75, 3.05) is 7.11 Å². The zero-order chi connectivity index (χ0) is 31.2. The molecule has 5 nitrogen and oxygen atoms in total. The van der Waals surface area contributed by atoms with Gasteiger partial charge in [-0.05, 0) is 91.4 Å². The van der Waals surface area contributed by atoms with Crippen LogP contribution in [0.5, 0.6) is 0 Å². The fraction of sp³-hybridized carbons (Fsp3) is 0.722. The Morgan fingerprint density at radius 3 is 2.29 bits per heavy atom. The van der Waals surface area contributed by atoms with Crippen LogP contribution < -0.4 is 0 Å². The summed E-state index contributed by atoms with van der Waals surface area (Å²) in [6.45, 7) is 21.6. The monoisotopic (exact) mass is 563 g/mol. The van der Waals surface area contributed by atoms with Crippen molar-refractivity contribution in [3.8, 4) is 6.07 Å². The molecule has 3 aliphatic carbocycles. The highest BCUT2D eigenvalue weighted by Crippen LogP contribution is 2.67. The van der Waals surface area contributed by atoms with Gasteiger partial charge in [0.1, 0.15) is 6.07 Å². The largest absolute Gasteiger partial charge is 0.466 e. The molecule has 0 aliphatic heterocycles. The molecular weight excluding hydrogens is 510 g/mol. The minimum atomic E-state index is -0.691. The number of esters is 1. The van der Waals surface area contributed by atoms with Crippen LogP contribution in [0.15, 0.2) is 35.5 Å². The lowest BCUT2D eigenvalue weighted by molar-refractivity contribution is -0.135. The molecule has 3 aliphatic rings. The molecule has 0 bridgehead atoms. The van der Waals surface area contributed by atoms with Crippen LogP contribution in [0.1, 0.15) is 114 Å². The average molecular weight is 564 g/mol. The molecule has 0 aromatic heterocycles. The second-order valence-corrected chi connectivity index (χ2v) is 15.8. The highest BCUT2D eigenvalue weighted by atomic mass is 16.5. The third-order valence-corrected chi connectivity index (χ3v) is 12.0. The first-order valence-electron chi connectivity index (χ1n) is 15.4. The number of carbonyl (C=O) groups is 3. The van der Waals surface area contributed by atoms with E-state index in [1.165, 1.54) is 7.11 Å². The summed E-state index contributed by atoms with van der Waals surface area (Å²) in [6, 6.07) is 2.17. The third kappa shape index (κ3) is 5.78. The van der Waals surface area contributed by atoms with E-state index in [1.54, 1.807) is 13.0 Å². The summed E-state index contributed by atoms with van der Waals surface area (Å²) in [7, 11) is 1.42. The second kappa shape index (κ2) is 11.0. The van der Waals surface area contributed by atoms with E-state index in [0.29, 0.717) is 5.92 Å². The van der Waals surface area contributed by atoms with Gasteiger partial charge in [0.05, 0.1) is 12.7 Å². The summed E-state index contributed by atoms with van der Waals surface area (Å²) in [5, 5.41) is 9.92. The number of fused-ring (bicyclic) bond motifs is 1. The zero-order valence-electron chi connectivity index (χ0n) is 27.5. The summed E-state index contributed by atoms with van der Waals surface area (Å²) in [5.41, 5.74) is -0.402. The van der Waals surface area contributed by atoms with Crippen molar-refractivity contribution < 1.29 is 19.1 Å². The van der Waals surface area contributed by atoms with Crippen LogP contribution in [0, 0.1) is 55.7 Å². The first kappa shape index (κ1) is 33.0. The van der Waals surface area contributed by atoms with Gasteiger partial charge in [0, 0.05) is 16.9 Å². The van der Waals surface area contributed by atoms with Gasteiger partial charge in [0.2, 0.25) is 0 Å². The van der Waals surface area contributed by atoms with Crippen LogP contribution in [0.25, 0.3) is 0 Å². The number of allylic oxidation sites excluding steroid dienone is 5. The molecule has 0 saturated heterocycles. The summed E-state index contributed by atoms with van der Waals surface area (Å²) in [6.07, 6.45) is 14.2. The molecule has 0 N–H and O–H groups in total. The maximum atomic E-state index is 13.3. The first-order valence-corrected chi connectivity index (χ1v) is 15.4. The molecule has 0 heterocycles. The summed E-state index contributed by atoms with van der Waals surface area (Å²) < 4.78 is 4.96. The van der Waals surface area contributed by atoms with Gasteiger partial charge in [0.15, 0.2) is 11.6 Å². The lowest BCUT2D eigenvalue weighted by Gasteiger charge is -2.61. The number of nitriles is 1. The molecule has 2 fully saturated rings. The fourth-order valence-electron chi connectivity index (χ4n) is 8.89. The van der Waals surface area contributed by atoms with Crippen LogP contribution in [0.2, 0.25) is 0 Å². The quantitative estimate of drug-likeness (QED) is 0.229. The number of hydrogen-bond acceptors (Lipinski definition) is 5. The van der Waals surface area contributed by atoms with E-state index in [9.17, 15) is 19.6 Å². The predicted octanol–water partition coefficient (Wildman–Crippen LogP) is 8.35. The summed E-state index contributed by atoms with van der Waals surface area (Å²) in [5.74, 6) is -0.0150. The maximum Gasteiger partial charge on any atom is 0.330 e. The molecule has 3 rings (SSSR count). The lowest BCUT2D eigenvalue weighted by Crippen LogP contribution is -2.55. The van der Waals surface area contributed by atoms with Gasteiger partial charge >= 0.3 is 5.97 Å². The van der Waals surface area contributed by atoms with E-state index >= 15 is 0 Å². The van der Waals surface area contributed by atoms with Gasteiger partial charge in [-0.15, -0.1) is 0 Å². The maximum absolute atomic E-state index is 13.3. The Kier molecular flexibility index (Phi) is 8.84. The van der Waals surface area contributed by atoms with Crippen molar-refractivity contribution in [3.63, 3.8) is 0 Å². The minimum absolute atomic E-state index is 0.00371. The number of methoxy groups -OCH3 is 1. The molecular formula is C36H53NO4. The molecule has 1 unspecified atom stereocenters. The minimum Gasteiger partial charge on any atom is -0.466 e. The van der Waals surface area contributed by atoms with Crippen LogP contribution >= 0.6 is 0 Å². The van der Waals surface area contributed by atoms with Gasteiger partial charge in [-0.1, -0.05) is 80.0 Å². The molecule has 0 spiro atoms. The highest BCUT2D eigenvalue weighted by molar-refractivity contribution is 6.04. The molecule has 5 heteroatoms. The van der Waals surface area contributed by atoms with Gasteiger partial charge < -0.3 is 4.74 Å². The average Bonchev–Trinajstić information content (AvgIpc) is 2.87. The molecule has 2 saturated carbocycles. The van der Waals surface area contributed by atoms with Crippen LogP contribution in [0.3, 0.4) is 0 Å². The molecule has 0 aromatic rings. The van der Waals surface area contributed by atoms with E-state index < -0.39 is 10.8 Å². The number of carbonyl (C=O) groups excluding carboxylic acids is 3. The van der Waals surface area contributed by atoms with Gasteiger partial charge in [0.25, 0.3) is 0 Å². The summed E-state index contributed by atoms with van der Waals surface area (Å²) in [4.78, 5) is 38.2. The molecule has 5 atom stereocenters. The topological polar surface area (TPSA) is 84.2 Å². The predicted molar refractivity (Wildman–Crippen MR) is 164 cm³/mol. The van der Waals surface area contributed by atoms with Crippen LogP contribution in [-0.2, 0) is 19.1 Å². The van der Waals surface area contributed by atoms with E-state index in [1.807, 2.05) is 26.0 Å². The van der Waals surface area contributed by atoms with Gasteiger partial charge in [-0.3, -0.25) is 9.59 Å². The Hall–Kier alpha value is -2.48. The van der Waals surface area contributed by atoms with Gasteiger partial charge in [-0.2, -0.15) is 5.26 Å². The number of hydrogen-bond donors (Lipinski definition) is 0. The van der Waals surface area contributed by atoms with Crippen LogP contribution in [0.4, 0.5) is 0 Å². The fourth-order valence-corrected chi connectivity index (χ4v) is 8.89. The Balaban J connectivity index is 2.08. The van der Waals surface area contributed by atoms with E-state index in [4.69, 9.17) is 4.74 Å². The van der Waals surface area contributed by atoms with Crippen molar-refractivity contribution >= 4 is 17.5 Å². The molecule has 41 heavy (non-hydrogen) atoms.